The fourth-order valence-corrected chi connectivity index (χ4v) is 8.94. The lowest BCUT2D eigenvalue weighted by Crippen LogP contribution is -2.63. The molecule has 0 aromatic heterocycles. The first kappa shape index (κ1) is 38.7. The molecule has 1 unspecified atom stereocenters. The predicted octanol–water partition coefficient (Wildman–Crippen LogP) is 2.93. The average molecular weight is 682 g/mol. The molecule has 0 aromatic rings. The van der Waals surface area contributed by atoms with Gasteiger partial charge in [0.05, 0.1) is 22.1 Å². The van der Waals surface area contributed by atoms with E-state index in [9.17, 15) is 32.4 Å². The van der Waals surface area contributed by atoms with Crippen LogP contribution >= 0.6 is 0 Å². The summed E-state index contributed by atoms with van der Waals surface area (Å²) in [6.07, 6.45) is 3.55. The van der Waals surface area contributed by atoms with Crippen LogP contribution in [0.3, 0.4) is 0 Å². The number of carbonyl (C=O) groups excluding carboxylic acids is 5. The standard InChI is InChI=1S/C34H59N5O7S/c1-19(2)16-34(11,18-47(45,46)32(6,7)8)38-30(44)37-26(31(3,4)5)29(43)39-17-21-23(33(21,9)10)24(39)28(42)36-22(25(40)27(35)41)15-20-13-12-14-20/h19-24,26H,12-18H2,1-11H3,(H2,35,41)(H,36,42)(H2,37,38,44)/t21-,22?,23-,24-,26-,34-/m0/s1. The lowest BCUT2D eigenvalue weighted by molar-refractivity contribution is -0.145. The molecule has 0 radical (unpaired) electrons. The van der Waals surface area contributed by atoms with E-state index in [1.165, 1.54) is 4.90 Å². The van der Waals surface area contributed by atoms with E-state index in [1.807, 2.05) is 48.5 Å². The average Bonchev–Trinajstić information content (AvgIpc) is 3.17. The van der Waals surface area contributed by atoms with Gasteiger partial charge in [-0.1, -0.05) is 67.7 Å². The highest BCUT2D eigenvalue weighted by Gasteiger charge is 2.70. The summed E-state index contributed by atoms with van der Waals surface area (Å²) >= 11 is 0. The summed E-state index contributed by atoms with van der Waals surface area (Å²) < 4.78 is 25.4. The number of nitrogens with two attached hydrogens (primary N) is 1. The van der Waals surface area contributed by atoms with Gasteiger partial charge >= 0.3 is 6.03 Å². The van der Waals surface area contributed by atoms with Crippen molar-refractivity contribution >= 4 is 39.4 Å². The van der Waals surface area contributed by atoms with E-state index in [1.54, 1.807) is 27.7 Å². The smallest absolute Gasteiger partial charge is 0.315 e. The van der Waals surface area contributed by atoms with Gasteiger partial charge in [-0.05, 0) is 75.0 Å². The molecule has 0 aromatic carbocycles. The first-order valence-electron chi connectivity index (χ1n) is 17.0. The third-order valence-corrected chi connectivity index (χ3v) is 13.4. The highest BCUT2D eigenvalue weighted by atomic mass is 32.2. The topological polar surface area (TPSA) is 185 Å². The van der Waals surface area contributed by atoms with Gasteiger partial charge in [0, 0.05) is 6.54 Å². The Bertz CT molecular complexity index is 1360. The Balaban J connectivity index is 1.86. The SMILES string of the molecule is CC(C)C[C@@](C)(CS(=O)(=O)C(C)(C)C)NC(=O)N[C@@H](C(=O)N1C[C@H]2[C@@H]([C@H]1C(=O)NC(CC1CCC1)C(=O)C(N)=O)C2(C)C)C(C)(C)C. The fraction of sp³-hybridized carbons (Fsp3) is 0.853. The number of ketones is 1. The van der Waals surface area contributed by atoms with E-state index < -0.39 is 73.2 Å². The lowest BCUT2D eigenvalue weighted by atomic mass is 9.80. The molecule has 3 fully saturated rings. The quantitative estimate of drug-likeness (QED) is 0.215. The summed E-state index contributed by atoms with van der Waals surface area (Å²) in [6, 6.07) is -3.69. The normalized spacial score (nSPS) is 25.1. The van der Waals surface area contributed by atoms with Crippen LogP contribution in [0.15, 0.2) is 0 Å². The van der Waals surface area contributed by atoms with Gasteiger partial charge in [-0.15, -0.1) is 0 Å². The molecule has 0 bridgehead atoms. The zero-order valence-electron chi connectivity index (χ0n) is 30.3. The first-order valence-corrected chi connectivity index (χ1v) is 18.6. The Kier molecular flexibility index (Phi) is 11.0. The van der Waals surface area contributed by atoms with Gasteiger partial charge in [-0.3, -0.25) is 19.2 Å². The van der Waals surface area contributed by atoms with Crippen molar-refractivity contribution in [2.24, 2.45) is 40.2 Å². The number of urea groups is 1. The van der Waals surface area contributed by atoms with Gasteiger partial charge in [0.1, 0.15) is 12.1 Å². The van der Waals surface area contributed by atoms with Crippen molar-refractivity contribution in [3.05, 3.63) is 0 Å². The van der Waals surface area contributed by atoms with E-state index in [2.05, 4.69) is 16.0 Å². The molecule has 1 aliphatic heterocycles. The number of fused-ring (bicyclic) bond motifs is 1. The maximum absolute atomic E-state index is 14.4. The monoisotopic (exact) mass is 681 g/mol. The number of nitrogens with one attached hydrogen (secondary N) is 3. The molecule has 5 N–H and O–H groups in total. The highest BCUT2D eigenvalue weighted by molar-refractivity contribution is 7.92. The molecule has 3 aliphatic rings. The Hall–Kier alpha value is -2.70. The number of piperidine rings is 1. The number of carbonyl (C=O) groups is 5. The molecule has 13 heteroatoms. The second kappa shape index (κ2) is 13.3. The van der Waals surface area contributed by atoms with Crippen molar-refractivity contribution in [3.8, 4) is 0 Å². The second-order valence-corrected chi connectivity index (χ2v) is 20.4. The van der Waals surface area contributed by atoms with Crippen molar-refractivity contribution in [2.75, 3.05) is 12.3 Å². The lowest BCUT2D eigenvalue weighted by Gasteiger charge is -2.39. The number of nitrogens with zero attached hydrogens (tertiary/aromatic N) is 1. The maximum Gasteiger partial charge on any atom is 0.315 e. The van der Waals surface area contributed by atoms with Crippen LogP contribution in [0.5, 0.6) is 0 Å². The maximum atomic E-state index is 14.4. The van der Waals surface area contributed by atoms with E-state index in [0.29, 0.717) is 19.4 Å². The van der Waals surface area contributed by atoms with Gasteiger partial charge < -0.3 is 26.6 Å². The summed E-state index contributed by atoms with van der Waals surface area (Å²) in [6.45, 7) is 20.3. The summed E-state index contributed by atoms with van der Waals surface area (Å²) in [4.78, 5) is 68.0. The molecule has 0 spiro atoms. The van der Waals surface area contributed by atoms with Crippen LogP contribution in [-0.2, 0) is 29.0 Å². The number of amides is 5. The summed E-state index contributed by atoms with van der Waals surface area (Å²) in [7, 11) is -3.60. The van der Waals surface area contributed by atoms with Gasteiger partial charge in [-0.25, -0.2) is 13.2 Å². The molecule has 12 nitrogen and oxygen atoms in total. The Morgan fingerprint density at radius 2 is 1.53 bits per heavy atom. The third kappa shape index (κ3) is 8.67. The van der Waals surface area contributed by atoms with Crippen molar-refractivity contribution in [1.29, 1.82) is 0 Å². The Morgan fingerprint density at radius 3 is 1.98 bits per heavy atom. The largest absolute Gasteiger partial charge is 0.363 e. The summed E-state index contributed by atoms with van der Waals surface area (Å²) in [5.41, 5.74) is 3.23. The van der Waals surface area contributed by atoms with E-state index in [0.717, 1.165) is 19.3 Å². The van der Waals surface area contributed by atoms with Crippen LogP contribution in [-0.4, -0.2) is 83.6 Å². The van der Waals surface area contributed by atoms with Crippen LogP contribution in [0.4, 0.5) is 4.79 Å². The third-order valence-electron chi connectivity index (χ3n) is 10.5. The number of Topliss-reactive ketones (excluding diaryl/α,β-unsaturated/α-hetero) is 1. The minimum atomic E-state index is -3.60. The van der Waals surface area contributed by atoms with Crippen molar-refractivity contribution in [2.45, 2.75) is 137 Å². The minimum Gasteiger partial charge on any atom is -0.363 e. The molecular formula is C34H59N5O7S. The van der Waals surface area contributed by atoms with Crippen molar-refractivity contribution in [1.82, 2.24) is 20.9 Å². The molecule has 2 saturated carbocycles. The minimum absolute atomic E-state index is 0.0468. The Labute approximate surface area is 281 Å². The zero-order valence-corrected chi connectivity index (χ0v) is 31.1. The van der Waals surface area contributed by atoms with Gasteiger partial charge in [0.15, 0.2) is 9.84 Å². The Morgan fingerprint density at radius 1 is 0.957 bits per heavy atom. The summed E-state index contributed by atoms with van der Waals surface area (Å²) in [5.74, 6) is -3.02. The first-order chi connectivity index (χ1) is 21.2. The molecule has 6 atom stereocenters. The van der Waals surface area contributed by atoms with Crippen LogP contribution in [0, 0.1) is 34.5 Å². The number of rotatable bonds is 13. The molecular weight excluding hydrogens is 622 g/mol. The second-order valence-electron chi connectivity index (χ2n) is 17.6. The van der Waals surface area contributed by atoms with Crippen LogP contribution < -0.4 is 21.7 Å². The molecule has 47 heavy (non-hydrogen) atoms. The van der Waals surface area contributed by atoms with Crippen molar-refractivity contribution in [3.63, 3.8) is 0 Å². The zero-order chi connectivity index (χ0) is 36.1. The van der Waals surface area contributed by atoms with Crippen molar-refractivity contribution < 1.29 is 32.4 Å². The molecule has 1 heterocycles. The number of primary amides is 1. The van der Waals surface area contributed by atoms with E-state index in [-0.39, 0.29) is 34.8 Å². The molecule has 5 amide bonds. The fourth-order valence-electron chi connectivity index (χ4n) is 7.47. The van der Waals surface area contributed by atoms with Crippen LogP contribution in [0.2, 0.25) is 0 Å². The molecule has 268 valence electrons. The predicted molar refractivity (Wildman–Crippen MR) is 181 cm³/mol. The molecule has 3 rings (SSSR count). The summed E-state index contributed by atoms with van der Waals surface area (Å²) in [5, 5.41) is 8.49. The molecule has 1 saturated heterocycles. The highest BCUT2D eigenvalue weighted by Crippen LogP contribution is 2.65. The van der Waals surface area contributed by atoms with Gasteiger partial charge in [0.2, 0.25) is 17.6 Å². The van der Waals surface area contributed by atoms with Crippen LogP contribution in [0.1, 0.15) is 108 Å². The number of likely N-dealkylation sites (tertiary alicyclic amines) is 1. The number of hydrogen-bond donors (Lipinski definition) is 4. The number of hydrogen-bond acceptors (Lipinski definition) is 7. The van der Waals surface area contributed by atoms with Crippen LogP contribution in [0.25, 0.3) is 0 Å². The van der Waals surface area contributed by atoms with Gasteiger partial charge in [0.25, 0.3) is 5.91 Å². The van der Waals surface area contributed by atoms with E-state index >= 15 is 0 Å². The number of sulfone groups is 1. The molecule has 2 aliphatic carbocycles. The van der Waals surface area contributed by atoms with Gasteiger partial charge in [-0.2, -0.15) is 0 Å². The van der Waals surface area contributed by atoms with E-state index in [4.69, 9.17) is 5.73 Å².